The van der Waals surface area contributed by atoms with Crippen molar-refractivity contribution in [2.45, 2.75) is 41.0 Å². The predicted molar refractivity (Wildman–Crippen MR) is 113 cm³/mol. The molecule has 0 radical (unpaired) electrons. The molecule has 2 N–H and O–H groups in total. The second-order valence-electron chi connectivity index (χ2n) is 6.74. The second kappa shape index (κ2) is 9.21. The molecule has 0 aliphatic carbocycles. The van der Waals surface area contributed by atoms with E-state index in [2.05, 4.69) is 35.4 Å². The highest BCUT2D eigenvalue weighted by atomic mass is 16.2. The van der Waals surface area contributed by atoms with Crippen LogP contribution in [0.1, 0.15) is 37.0 Å². The maximum absolute atomic E-state index is 12.2. The molecule has 0 aliphatic rings. The van der Waals surface area contributed by atoms with Crippen LogP contribution < -0.4 is 15.5 Å². The van der Waals surface area contributed by atoms with Crippen LogP contribution >= 0.6 is 0 Å². The third-order valence-electron chi connectivity index (χ3n) is 4.72. The molecule has 0 aromatic heterocycles. The number of rotatable bonds is 7. The molecule has 0 saturated heterocycles. The van der Waals surface area contributed by atoms with Crippen molar-refractivity contribution in [3.8, 4) is 0 Å². The molecule has 0 unspecified atom stereocenters. The summed E-state index contributed by atoms with van der Waals surface area (Å²) in [6.07, 6.45) is -0.218. The van der Waals surface area contributed by atoms with Crippen molar-refractivity contribution in [1.82, 2.24) is 0 Å². The summed E-state index contributed by atoms with van der Waals surface area (Å²) in [5.41, 5.74) is 5.80. The second-order valence-corrected chi connectivity index (χ2v) is 6.74. The normalized spacial score (nSPS) is 10.4. The molecule has 0 aliphatic heterocycles. The Hall–Kier alpha value is -2.82. The fourth-order valence-electron chi connectivity index (χ4n) is 2.94. The number of benzene rings is 2. The van der Waals surface area contributed by atoms with E-state index in [0.29, 0.717) is 5.69 Å². The van der Waals surface area contributed by atoms with Gasteiger partial charge >= 0.3 is 0 Å². The summed E-state index contributed by atoms with van der Waals surface area (Å²) in [6, 6.07) is 11.6. The average Bonchev–Trinajstić information content (AvgIpc) is 2.61. The van der Waals surface area contributed by atoms with Crippen molar-refractivity contribution < 1.29 is 9.59 Å². The van der Waals surface area contributed by atoms with Gasteiger partial charge in [0.2, 0.25) is 11.8 Å². The van der Waals surface area contributed by atoms with Crippen LogP contribution in [0, 0.1) is 20.8 Å². The Morgan fingerprint density at radius 3 is 2.07 bits per heavy atom. The molecule has 2 amide bonds. The first kappa shape index (κ1) is 20.5. The maximum Gasteiger partial charge on any atom is 0.233 e. The van der Waals surface area contributed by atoms with Crippen LogP contribution in [-0.4, -0.2) is 24.9 Å². The van der Waals surface area contributed by atoms with Gasteiger partial charge in [0, 0.05) is 30.2 Å². The molecule has 0 saturated carbocycles. The van der Waals surface area contributed by atoms with E-state index < -0.39 is 0 Å². The van der Waals surface area contributed by atoms with Crippen molar-refractivity contribution >= 4 is 28.9 Å². The van der Waals surface area contributed by atoms with Gasteiger partial charge in [0.15, 0.2) is 0 Å². The third-order valence-corrected chi connectivity index (χ3v) is 4.72. The van der Waals surface area contributed by atoms with Crippen LogP contribution in [0.15, 0.2) is 36.4 Å². The van der Waals surface area contributed by atoms with E-state index >= 15 is 0 Å². The zero-order valence-corrected chi connectivity index (χ0v) is 16.8. The van der Waals surface area contributed by atoms with E-state index in [9.17, 15) is 9.59 Å². The summed E-state index contributed by atoms with van der Waals surface area (Å²) in [4.78, 5) is 26.6. The lowest BCUT2D eigenvalue weighted by atomic mass is 10.1. The molecular weight excluding hydrogens is 338 g/mol. The van der Waals surface area contributed by atoms with Gasteiger partial charge in [-0.15, -0.1) is 0 Å². The van der Waals surface area contributed by atoms with Gasteiger partial charge in [0.1, 0.15) is 6.42 Å². The molecule has 2 aromatic carbocycles. The Bertz CT molecular complexity index is 826. The molecule has 2 aromatic rings. The van der Waals surface area contributed by atoms with E-state index in [1.54, 1.807) is 0 Å². The van der Waals surface area contributed by atoms with Gasteiger partial charge < -0.3 is 15.5 Å². The zero-order chi connectivity index (χ0) is 20.0. The number of nitrogens with one attached hydrogen (secondary N) is 2. The summed E-state index contributed by atoms with van der Waals surface area (Å²) < 4.78 is 0. The topological polar surface area (TPSA) is 61.4 Å². The first-order chi connectivity index (χ1) is 12.8. The molecule has 0 fully saturated rings. The van der Waals surface area contributed by atoms with Gasteiger partial charge in [0.05, 0.1) is 0 Å². The fourth-order valence-corrected chi connectivity index (χ4v) is 2.94. The van der Waals surface area contributed by atoms with Crippen molar-refractivity contribution in [1.29, 1.82) is 0 Å². The fraction of sp³-hybridized carbons (Fsp3) is 0.364. The standard InChI is InChI=1S/C22H29N3O2/c1-6-25(7-2)19-10-11-20(17(5)13-19)24-22(27)14-21(26)23-18-9-8-15(3)16(4)12-18/h8-13H,6-7,14H2,1-5H3,(H,23,26)(H,24,27). The highest BCUT2D eigenvalue weighted by molar-refractivity contribution is 6.08. The summed E-state index contributed by atoms with van der Waals surface area (Å²) in [5.74, 6) is -0.650. The molecule has 144 valence electrons. The Morgan fingerprint density at radius 1 is 0.815 bits per heavy atom. The summed E-state index contributed by atoms with van der Waals surface area (Å²) in [5, 5.41) is 5.61. The van der Waals surface area contributed by atoms with E-state index in [4.69, 9.17) is 0 Å². The predicted octanol–water partition coefficient (Wildman–Crippen LogP) is 4.43. The molecular formula is C22H29N3O2. The van der Waals surface area contributed by atoms with Crippen molar-refractivity contribution in [3.63, 3.8) is 0 Å². The first-order valence-corrected chi connectivity index (χ1v) is 9.36. The Morgan fingerprint density at radius 2 is 1.48 bits per heavy atom. The molecule has 2 rings (SSSR count). The highest BCUT2D eigenvalue weighted by Crippen LogP contribution is 2.23. The monoisotopic (exact) mass is 367 g/mol. The lowest BCUT2D eigenvalue weighted by Gasteiger charge is -2.22. The molecule has 0 heterocycles. The molecule has 0 atom stereocenters. The Kier molecular flexibility index (Phi) is 6.99. The Labute approximate surface area is 161 Å². The number of nitrogens with zero attached hydrogens (tertiary/aromatic N) is 1. The number of hydrogen-bond donors (Lipinski definition) is 2. The molecule has 27 heavy (non-hydrogen) atoms. The van der Waals surface area contributed by atoms with Gasteiger partial charge in [-0.2, -0.15) is 0 Å². The van der Waals surface area contributed by atoms with E-state index in [-0.39, 0.29) is 18.2 Å². The molecule has 0 spiro atoms. The Balaban J connectivity index is 1.96. The van der Waals surface area contributed by atoms with E-state index in [1.807, 2.05) is 51.1 Å². The van der Waals surface area contributed by atoms with E-state index in [0.717, 1.165) is 41.2 Å². The summed E-state index contributed by atoms with van der Waals surface area (Å²) >= 11 is 0. The number of amides is 2. The smallest absolute Gasteiger partial charge is 0.233 e. The summed E-state index contributed by atoms with van der Waals surface area (Å²) in [6.45, 7) is 12.0. The van der Waals surface area contributed by atoms with Gasteiger partial charge in [-0.1, -0.05) is 6.07 Å². The first-order valence-electron chi connectivity index (χ1n) is 9.36. The van der Waals surface area contributed by atoms with Gasteiger partial charge in [-0.05, 0) is 81.6 Å². The van der Waals surface area contributed by atoms with Gasteiger partial charge in [-0.3, -0.25) is 9.59 Å². The van der Waals surface area contributed by atoms with Crippen LogP contribution in [-0.2, 0) is 9.59 Å². The molecule has 5 heteroatoms. The van der Waals surface area contributed by atoms with Crippen LogP contribution in [0.4, 0.5) is 17.1 Å². The zero-order valence-electron chi connectivity index (χ0n) is 16.8. The SMILES string of the molecule is CCN(CC)c1ccc(NC(=O)CC(=O)Nc2ccc(C)c(C)c2)c(C)c1. The van der Waals surface area contributed by atoms with Crippen LogP contribution in [0.2, 0.25) is 0 Å². The van der Waals surface area contributed by atoms with Gasteiger partial charge in [-0.25, -0.2) is 0 Å². The largest absolute Gasteiger partial charge is 0.372 e. The minimum Gasteiger partial charge on any atom is -0.372 e. The molecule has 0 bridgehead atoms. The lowest BCUT2D eigenvalue weighted by molar-refractivity contribution is -0.123. The average molecular weight is 367 g/mol. The van der Waals surface area contributed by atoms with Gasteiger partial charge in [0.25, 0.3) is 0 Å². The van der Waals surface area contributed by atoms with Crippen LogP contribution in [0.25, 0.3) is 0 Å². The minimum atomic E-state index is -0.326. The third kappa shape index (κ3) is 5.58. The number of aryl methyl sites for hydroxylation is 3. The van der Waals surface area contributed by atoms with E-state index in [1.165, 1.54) is 0 Å². The van der Waals surface area contributed by atoms with Crippen LogP contribution in [0.5, 0.6) is 0 Å². The number of carbonyl (C=O) groups excluding carboxylic acids is 2. The highest BCUT2D eigenvalue weighted by Gasteiger charge is 2.12. The number of anilines is 3. The minimum absolute atomic E-state index is 0.218. The quantitative estimate of drug-likeness (QED) is 0.712. The number of hydrogen-bond acceptors (Lipinski definition) is 3. The molecule has 5 nitrogen and oxygen atoms in total. The summed E-state index contributed by atoms with van der Waals surface area (Å²) in [7, 11) is 0. The van der Waals surface area contributed by atoms with Crippen LogP contribution in [0.3, 0.4) is 0 Å². The maximum atomic E-state index is 12.2. The lowest BCUT2D eigenvalue weighted by Crippen LogP contribution is -2.23. The van der Waals surface area contributed by atoms with Crippen molar-refractivity contribution in [2.75, 3.05) is 28.6 Å². The van der Waals surface area contributed by atoms with Crippen molar-refractivity contribution in [3.05, 3.63) is 53.1 Å². The van der Waals surface area contributed by atoms with Crippen molar-refractivity contribution in [2.24, 2.45) is 0 Å². The number of carbonyl (C=O) groups is 2.